The fraction of sp³-hybridized carbons (Fsp3) is 0.778. The number of quaternary nitrogens is 1. The van der Waals surface area contributed by atoms with E-state index in [9.17, 15) is 0 Å². The molecule has 0 saturated heterocycles. The van der Waals surface area contributed by atoms with Crippen molar-refractivity contribution in [1.29, 1.82) is 0 Å². The number of hydrogen-bond donors (Lipinski definition) is 0. The topological polar surface area (TPSA) is 0 Å². The summed E-state index contributed by atoms with van der Waals surface area (Å²) in [7, 11) is 0. The summed E-state index contributed by atoms with van der Waals surface area (Å²) in [5.74, 6) is 0. The number of unbranched alkanes of at least 4 members (excludes halogenated alkanes) is 13. The van der Waals surface area contributed by atoms with Gasteiger partial charge in [0.1, 0.15) is 6.54 Å². The fourth-order valence-corrected chi connectivity index (χ4v) is 4.45. The summed E-state index contributed by atoms with van der Waals surface area (Å²) in [6.45, 7) is 12.1. The van der Waals surface area contributed by atoms with Crippen LogP contribution in [0.2, 0.25) is 0 Å². The molecule has 0 aliphatic carbocycles. The van der Waals surface area contributed by atoms with Crippen molar-refractivity contribution in [3.8, 4) is 0 Å². The summed E-state index contributed by atoms with van der Waals surface area (Å²) in [6, 6.07) is 11.1. The first-order valence-corrected chi connectivity index (χ1v) is 12.7. The highest BCUT2D eigenvalue weighted by Gasteiger charge is 2.22. The van der Waals surface area contributed by atoms with Crippen LogP contribution >= 0.6 is 0 Å². The molecule has 0 unspecified atom stereocenters. The third kappa shape index (κ3) is 14.5. The van der Waals surface area contributed by atoms with E-state index in [4.69, 9.17) is 0 Å². The molecule has 0 atom stereocenters. The summed E-state index contributed by atoms with van der Waals surface area (Å²) in [4.78, 5) is 0. The van der Waals surface area contributed by atoms with Gasteiger partial charge in [0.05, 0.1) is 19.6 Å². The van der Waals surface area contributed by atoms with Crippen LogP contribution in [0.4, 0.5) is 0 Å². The molecule has 2 heteroatoms. The molecule has 170 valence electrons. The average molecular weight is 516 g/mol. The zero-order chi connectivity index (χ0) is 20.3. The number of nitrogens with zero attached hydrogens (tertiary/aromatic N) is 1. The quantitative estimate of drug-likeness (QED) is 0.129. The van der Waals surface area contributed by atoms with E-state index in [2.05, 4.69) is 51.1 Å². The minimum Gasteiger partial charge on any atom is -1.00 e. The van der Waals surface area contributed by atoms with Crippen LogP contribution in [0.15, 0.2) is 30.3 Å². The van der Waals surface area contributed by atoms with Crippen molar-refractivity contribution in [2.75, 3.05) is 19.6 Å². The molecule has 0 N–H and O–H groups in total. The van der Waals surface area contributed by atoms with Gasteiger partial charge in [0.25, 0.3) is 0 Å². The summed E-state index contributed by atoms with van der Waals surface area (Å²) in [6.07, 6.45) is 20.2. The van der Waals surface area contributed by atoms with Gasteiger partial charge in [0, 0.05) is 5.56 Å². The lowest BCUT2D eigenvalue weighted by molar-refractivity contribution is -0.938. The Labute approximate surface area is 200 Å². The Balaban J connectivity index is 0.00000784. The largest absolute Gasteiger partial charge is 1.00 e. The number of benzene rings is 1. The van der Waals surface area contributed by atoms with E-state index in [0.29, 0.717) is 0 Å². The minimum absolute atomic E-state index is 0. The Hall–Kier alpha value is -0.0900. The normalized spacial score (nSPS) is 11.4. The van der Waals surface area contributed by atoms with E-state index in [1.807, 2.05) is 0 Å². The Kier molecular flexibility index (Phi) is 19.8. The van der Waals surface area contributed by atoms with Crippen molar-refractivity contribution in [1.82, 2.24) is 0 Å². The van der Waals surface area contributed by atoms with Gasteiger partial charge in [-0.1, -0.05) is 114 Å². The van der Waals surface area contributed by atoms with E-state index in [1.54, 1.807) is 0 Å². The van der Waals surface area contributed by atoms with Gasteiger partial charge in [-0.25, -0.2) is 0 Å². The second-order valence-corrected chi connectivity index (χ2v) is 8.94. The summed E-state index contributed by atoms with van der Waals surface area (Å²) in [5, 5.41) is 0. The van der Waals surface area contributed by atoms with Crippen LogP contribution in [0.3, 0.4) is 0 Å². The summed E-state index contributed by atoms with van der Waals surface area (Å²) in [5.41, 5.74) is 1.50. The molecule has 0 fully saturated rings. The molecule has 0 aliphatic heterocycles. The second kappa shape index (κ2) is 19.8. The van der Waals surface area contributed by atoms with Crippen molar-refractivity contribution >= 4 is 0 Å². The van der Waals surface area contributed by atoms with Crippen LogP contribution in [0.1, 0.15) is 116 Å². The van der Waals surface area contributed by atoms with E-state index >= 15 is 0 Å². The molecule has 0 radical (unpaired) electrons. The molecule has 1 nitrogen and oxygen atoms in total. The molecule has 0 aromatic heterocycles. The van der Waals surface area contributed by atoms with Gasteiger partial charge in [-0.15, -0.1) is 0 Å². The van der Waals surface area contributed by atoms with Crippen molar-refractivity contribution in [2.45, 2.75) is 117 Å². The highest BCUT2D eigenvalue weighted by molar-refractivity contribution is 5.13. The van der Waals surface area contributed by atoms with Gasteiger partial charge < -0.3 is 28.5 Å². The molecule has 1 aromatic rings. The van der Waals surface area contributed by atoms with Gasteiger partial charge in [0.2, 0.25) is 0 Å². The van der Waals surface area contributed by atoms with Crippen LogP contribution in [0.25, 0.3) is 0 Å². The molecule has 1 aromatic carbocycles. The van der Waals surface area contributed by atoms with Crippen molar-refractivity contribution in [2.24, 2.45) is 0 Å². The predicted molar refractivity (Wildman–Crippen MR) is 127 cm³/mol. The molecule has 0 heterocycles. The monoisotopic (exact) mass is 515 g/mol. The van der Waals surface area contributed by atoms with E-state index in [0.717, 1.165) is 0 Å². The molecule has 0 spiro atoms. The maximum Gasteiger partial charge on any atom is 0.104 e. The first-order valence-electron chi connectivity index (χ1n) is 12.7. The third-order valence-corrected chi connectivity index (χ3v) is 6.69. The van der Waals surface area contributed by atoms with Crippen LogP contribution in [0, 0.1) is 0 Å². The van der Waals surface area contributed by atoms with Gasteiger partial charge >= 0.3 is 0 Å². The van der Waals surface area contributed by atoms with E-state index in [1.165, 1.54) is 126 Å². The van der Waals surface area contributed by atoms with Gasteiger partial charge in [-0.05, 0) is 26.7 Å². The molecule has 0 bridgehead atoms. The third-order valence-electron chi connectivity index (χ3n) is 6.69. The molecule has 29 heavy (non-hydrogen) atoms. The van der Waals surface area contributed by atoms with Gasteiger partial charge in [-0.3, -0.25) is 0 Å². The van der Waals surface area contributed by atoms with Crippen molar-refractivity contribution in [3.63, 3.8) is 0 Å². The van der Waals surface area contributed by atoms with Crippen molar-refractivity contribution < 1.29 is 28.5 Å². The van der Waals surface area contributed by atoms with Crippen molar-refractivity contribution in [3.05, 3.63) is 35.9 Å². The zero-order valence-corrected chi connectivity index (χ0v) is 22.1. The lowest BCUT2D eigenvalue weighted by Gasteiger charge is -2.37. The van der Waals surface area contributed by atoms with Gasteiger partial charge in [-0.2, -0.15) is 0 Å². The molecule has 0 aliphatic rings. The number of rotatable bonds is 19. The van der Waals surface area contributed by atoms with Crippen LogP contribution in [-0.4, -0.2) is 24.1 Å². The highest BCUT2D eigenvalue weighted by atomic mass is 127. The Morgan fingerprint density at radius 1 is 0.552 bits per heavy atom. The maximum absolute atomic E-state index is 2.37. The Bertz CT molecular complexity index is 441. The molecular weight excluding hydrogens is 465 g/mol. The van der Waals surface area contributed by atoms with Crippen LogP contribution < -0.4 is 24.0 Å². The standard InChI is InChI=1S/C27H50N.HI/c1-4-7-8-9-10-11-12-13-14-15-16-17-18-22-25-28(5-2,6-3)26-27-23-20-19-21-24-27;/h19-21,23-24H,4-18,22,25-26H2,1-3H3;1H/q+1;/p-1. The first-order chi connectivity index (χ1) is 13.8. The number of hydrogen-bond acceptors (Lipinski definition) is 0. The average Bonchev–Trinajstić information content (AvgIpc) is 2.74. The van der Waals surface area contributed by atoms with E-state index in [-0.39, 0.29) is 24.0 Å². The predicted octanol–water partition coefficient (Wildman–Crippen LogP) is 5.53. The molecular formula is C27H50IN. The zero-order valence-electron chi connectivity index (χ0n) is 19.9. The van der Waals surface area contributed by atoms with Gasteiger partial charge in [0.15, 0.2) is 0 Å². The molecule has 0 amide bonds. The maximum atomic E-state index is 2.37. The number of halogens is 1. The van der Waals surface area contributed by atoms with Crippen LogP contribution in [-0.2, 0) is 6.54 Å². The first kappa shape index (κ1) is 28.9. The lowest BCUT2D eigenvalue weighted by atomic mass is 10.0. The minimum atomic E-state index is 0. The van der Waals surface area contributed by atoms with Crippen LogP contribution in [0.5, 0.6) is 0 Å². The van der Waals surface area contributed by atoms with E-state index < -0.39 is 0 Å². The second-order valence-electron chi connectivity index (χ2n) is 8.94. The fourth-order valence-electron chi connectivity index (χ4n) is 4.45. The highest BCUT2D eigenvalue weighted by Crippen LogP contribution is 2.18. The summed E-state index contributed by atoms with van der Waals surface area (Å²) < 4.78 is 1.25. The Morgan fingerprint density at radius 3 is 1.38 bits per heavy atom. The summed E-state index contributed by atoms with van der Waals surface area (Å²) >= 11 is 0. The Morgan fingerprint density at radius 2 is 0.966 bits per heavy atom. The molecule has 0 saturated carbocycles. The lowest BCUT2D eigenvalue weighted by Crippen LogP contribution is -3.00. The smallest absolute Gasteiger partial charge is 0.104 e. The molecule has 1 rings (SSSR count). The SMILES string of the molecule is CCCCCCCCCCCCCCCC[N+](CC)(CC)Cc1ccccc1.[I-].